The fraction of sp³-hybridized carbons (Fsp3) is 0.150. The van der Waals surface area contributed by atoms with Crippen molar-refractivity contribution in [1.29, 1.82) is 0 Å². The molecule has 3 aromatic rings. The highest BCUT2D eigenvalue weighted by Gasteiger charge is 2.15. The van der Waals surface area contributed by atoms with Crippen LogP contribution in [0.2, 0.25) is 10.0 Å². The van der Waals surface area contributed by atoms with Crippen LogP contribution < -0.4 is 10.6 Å². The third kappa shape index (κ3) is 4.31. The number of benzene rings is 3. The molecule has 0 aromatic heterocycles. The molecular formula is C20H19Cl2N2O+. The van der Waals surface area contributed by atoms with Gasteiger partial charge in [-0.3, -0.25) is 4.79 Å². The molecule has 0 spiro atoms. The number of anilines is 1. The summed E-state index contributed by atoms with van der Waals surface area (Å²) < 4.78 is 0. The summed E-state index contributed by atoms with van der Waals surface area (Å²) in [7, 11) is 0. The molecule has 25 heavy (non-hydrogen) atoms. The number of fused-ring (bicyclic) bond motifs is 1. The van der Waals surface area contributed by atoms with Crippen LogP contribution in [-0.2, 0) is 4.79 Å². The molecule has 128 valence electrons. The van der Waals surface area contributed by atoms with E-state index in [1.165, 1.54) is 16.3 Å². The van der Waals surface area contributed by atoms with Gasteiger partial charge in [0.05, 0.1) is 10.7 Å². The Morgan fingerprint density at radius 2 is 1.84 bits per heavy atom. The summed E-state index contributed by atoms with van der Waals surface area (Å²) in [6.07, 6.45) is 0. The minimum absolute atomic E-state index is 0.115. The Morgan fingerprint density at radius 3 is 2.68 bits per heavy atom. The second kappa shape index (κ2) is 7.87. The maximum Gasteiger partial charge on any atom is 0.279 e. The maximum atomic E-state index is 12.2. The van der Waals surface area contributed by atoms with Crippen molar-refractivity contribution in [1.82, 2.24) is 0 Å². The number of carbonyl (C=O) groups is 1. The molecule has 0 radical (unpaired) electrons. The third-order valence-electron chi connectivity index (χ3n) is 4.17. The predicted octanol–water partition coefficient (Wildman–Crippen LogP) is 4.41. The number of carbonyl (C=O) groups excluding carboxylic acids is 1. The Kier molecular flexibility index (Phi) is 5.59. The van der Waals surface area contributed by atoms with Gasteiger partial charge in [-0.15, -0.1) is 0 Å². The SMILES string of the molecule is C[C@H]([NH2+]CC(=O)Nc1cc(Cl)ccc1Cl)c1cccc2ccccc12. The van der Waals surface area contributed by atoms with Gasteiger partial charge in [0.25, 0.3) is 5.91 Å². The van der Waals surface area contributed by atoms with Gasteiger partial charge in [-0.2, -0.15) is 0 Å². The van der Waals surface area contributed by atoms with Crippen LogP contribution in [0.1, 0.15) is 18.5 Å². The number of nitrogens with one attached hydrogen (secondary N) is 1. The predicted molar refractivity (Wildman–Crippen MR) is 104 cm³/mol. The molecule has 0 unspecified atom stereocenters. The molecule has 3 nitrogen and oxygen atoms in total. The van der Waals surface area contributed by atoms with Crippen molar-refractivity contribution in [2.45, 2.75) is 13.0 Å². The van der Waals surface area contributed by atoms with Crippen LogP contribution in [-0.4, -0.2) is 12.5 Å². The fourth-order valence-corrected chi connectivity index (χ4v) is 3.19. The van der Waals surface area contributed by atoms with E-state index in [4.69, 9.17) is 23.2 Å². The summed E-state index contributed by atoms with van der Waals surface area (Å²) >= 11 is 12.0. The topological polar surface area (TPSA) is 45.7 Å². The minimum Gasteiger partial charge on any atom is -0.332 e. The molecule has 3 rings (SSSR count). The average Bonchev–Trinajstić information content (AvgIpc) is 2.62. The molecule has 0 aliphatic carbocycles. The van der Waals surface area contributed by atoms with Crippen molar-refractivity contribution in [2.75, 3.05) is 11.9 Å². The van der Waals surface area contributed by atoms with Gasteiger partial charge < -0.3 is 10.6 Å². The molecule has 0 aliphatic rings. The van der Waals surface area contributed by atoms with E-state index < -0.39 is 0 Å². The molecule has 3 N–H and O–H groups in total. The van der Waals surface area contributed by atoms with Gasteiger partial charge in [0, 0.05) is 10.6 Å². The van der Waals surface area contributed by atoms with Crippen molar-refractivity contribution < 1.29 is 10.1 Å². The minimum atomic E-state index is -0.115. The van der Waals surface area contributed by atoms with E-state index in [1.54, 1.807) is 18.2 Å². The summed E-state index contributed by atoms with van der Waals surface area (Å²) in [6, 6.07) is 19.7. The summed E-state index contributed by atoms with van der Waals surface area (Å²) in [4.78, 5) is 12.2. The smallest absolute Gasteiger partial charge is 0.279 e. The van der Waals surface area contributed by atoms with Crippen molar-refractivity contribution in [3.63, 3.8) is 0 Å². The Bertz CT molecular complexity index is 906. The fourth-order valence-electron chi connectivity index (χ4n) is 2.85. The largest absolute Gasteiger partial charge is 0.332 e. The molecule has 0 aliphatic heterocycles. The molecule has 0 fully saturated rings. The molecule has 0 bridgehead atoms. The van der Waals surface area contributed by atoms with E-state index in [0.29, 0.717) is 22.3 Å². The molecule has 0 saturated carbocycles. The molecule has 3 aromatic carbocycles. The zero-order chi connectivity index (χ0) is 17.8. The number of halogens is 2. The standard InChI is InChI=1S/C20H18Cl2N2O/c1-13(16-8-4-6-14-5-2-3-7-17(14)16)23-12-20(25)24-19-11-15(21)9-10-18(19)22/h2-11,13,23H,12H2,1H3,(H,24,25)/p+1/t13-/m0/s1. The first-order chi connectivity index (χ1) is 12.0. The molecule has 0 heterocycles. The number of rotatable bonds is 5. The Hall–Kier alpha value is -2.07. The summed E-state index contributed by atoms with van der Waals surface area (Å²) in [5, 5.41) is 8.24. The summed E-state index contributed by atoms with van der Waals surface area (Å²) in [5.41, 5.74) is 1.75. The first kappa shape index (κ1) is 17.7. The number of hydrogen-bond acceptors (Lipinski definition) is 1. The highest BCUT2D eigenvalue weighted by Crippen LogP contribution is 2.25. The monoisotopic (exact) mass is 373 g/mol. The van der Waals surface area contributed by atoms with Crippen LogP contribution in [0.15, 0.2) is 60.7 Å². The van der Waals surface area contributed by atoms with Gasteiger partial charge >= 0.3 is 0 Å². The summed E-state index contributed by atoms with van der Waals surface area (Å²) in [5.74, 6) is -0.115. The van der Waals surface area contributed by atoms with Crippen LogP contribution in [0.4, 0.5) is 5.69 Å². The number of amides is 1. The van der Waals surface area contributed by atoms with Gasteiger partial charge in [0.2, 0.25) is 0 Å². The van der Waals surface area contributed by atoms with Gasteiger partial charge in [0.1, 0.15) is 6.04 Å². The first-order valence-electron chi connectivity index (χ1n) is 8.10. The van der Waals surface area contributed by atoms with Crippen molar-refractivity contribution in [3.05, 3.63) is 76.3 Å². The van der Waals surface area contributed by atoms with Crippen LogP contribution in [0.5, 0.6) is 0 Å². The lowest BCUT2D eigenvalue weighted by molar-refractivity contribution is -0.682. The Morgan fingerprint density at radius 1 is 1.08 bits per heavy atom. The average molecular weight is 374 g/mol. The van der Waals surface area contributed by atoms with Gasteiger partial charge in [0.15, 0.2) is 6.54 Å². The van der Waals surface area contributed by atoms with E-state index in [1.807, 2.05) is 23.5 Å². The Labute approximate surface area is 156 Å². The molecular weight excluding hydrogens is 355 g/mol. The second-order valence-electron chi connectivity index (χ2n) is 5.97. The highest BCUT2D eigenvalue weighted by molar-refractivity contribution is 6.35. The van der Waals surface area contributed by atoms with Gasteiger partial charge in [-0.05, 0) is 35.9 Å². The van der Waals surface area contributed by atoms with E-state index in [9.17, 15) is 4.79 Å². The zero-order valence-corrected chi connectivity index (χ0v) is 15.3. The van der Waals surface area contributed by atoms with Crippen LogP contribution >= 0.6 is 23.2 Å². The number of nitrogens with two attached hydrogens (primary N) is 1. The lowest BCUT2D eigenvalue weighted by Gasteiger charge is -2.14. The van der Waals surface area contributed by atoms with Crippen LogP contribution in [0, 0.1) is 0 Å². The van der Waals surface area contributed by atoms with Crippen LogP contribution in [0.25, 0.3) is 10.8 Å². The summed E-state index contributed by atoms with van der Waals surface area (Å²) in [6.45, 7) is 2.40. The quantitative estimate of drug-likeness (QED) is 0.683. The lowest BCUT2D eigenvalue weighted by atomic mass is 10.00. The Balaban J connectivity index is 1.66. The van der Waals surface area contributed by atoms with Crippen molar-refractivity contribution >= 4 is 45.6 Å². The third-order valence-corrected chi connectivity index (χ3v) is 4.74. The van der Waals surface area contributed by atoms with E-state index in [2.05, 4.69) is 36.5 Å². The molecule has 0 saturated heterocycles. The van der Waals surface area contributed by atoms with E-state index >= 15 is 0 Å². The molecule has 5 heteroatoms. The van der Waals surface area contributed by atoms with Crippen molar-refractivity contribution in [2.24, 2.45) is 0 Å². The van der Waals surface area contributed by atoms with E-state index in [-0.39, 0.29) is 11.9 Å². The highest BCUT2D eigenvalue weighted by atomic mass is 35.5. The van der Waals surface area contributed by atoms with Crippen LogP contribution in [0.3, 0.4) is 0 Å². The van der Waals surface area contributed by atoms with E-state index in [0.717, 1.165) is 0 Å². The number of hydrogen-bond donors (Lipinski definition) is 2. The van der Waals surface area contributed by atoms with Gasteiger partial charge in [-0.1, -0.05) is 65.7 Å². The maximum absolute atomic E-state index is 12.2. The first-order valence-corrected chi connectivity index (χ1v) is 8.86. The van der Waals surface area contributed by atoms with Crippen molar-refractivity contribution in [3.8, 4) is 0 Å². The molecule has 1 atom stereocenters. The number of quaternary nitrogens is 1. The lowest BCUT2D eigenvalue weighted by Crippen LogP contribution is -2.86. The normalized spacial score (nSPS) is 12.1. The molecule has 1 amide bonds. The zero-order valence-electron chi connectivity index (χ0n) is 13.8. The van der Waals surface area contributed by atoms with Gasteiger partial charge in [-0.25, -0.2) is 0 Å². The second-order valence-corrected chi connectivity index (χ2v) is 6.81.